The number of nitrogens with zero attached hydrogens (tertiary/aromatic N) is 3. The molecular weight excluding hydrogens is 428 g/mol. The maximum atomic E-state index is 14.9. The van der Waals surface area contributed by atoms with Crippen molar-refractivity contribution in [3.05, 3.63) is 34.3 Å². The first-order chi connectivity index (χ1) is 14.8. The zero-order valence-corrected chi connectivity index (χ0v) is 18.0. The number of amides is 2. The Kier molecular flexibility index (Phi) is 4.78. The third-order valence-corrected chi connectivity index (χ3v) is 7.94. The van der Waals surface area contributed by atoms with E-state index in [9.17, 15) is 17.8 Å². The number of nitrogens with one attached hydrogen (secondary N) is 2. The fourth-order valence-electron chi connectivity index (χ4n) is 4.73. The van der Waals surface area contributed by atoms with E-state index in [0.29, 0.717) is 53.2 Å². The van der Waals surface area contributed by atoms with Crippen LogP contribution in [-0.2, 0) is 42.1 Å². The van der Waals surface area contributed by atoms with Crippen LogP contribution in [0.1, 0.15) is 35.6 Å². The summed E-state index contributed by atoms with van der Waals surface area (Å²) in [5.74, 6) is -0.0365. The molecule has 0 saturated carbocycles. The van der Waals surface area contributed by atoms with Gasteiger partial charge in [0.15, 0.2) is 9.92 Å². The highest BCUT2D eigenvalue weighted by Crippen LogP contribution is 2.41. The lowest BCUT2D eigenvalue weighted by Gasteiger charge is -2.16. The molecule has 2 N–H and O–H groups in total. The van der Waals surface area contributed by atoms with Crippen LogP contribution in [-0.4, -0.2) is 39.3 Å². The van der Waals surface area contributed by atoms with Crippen molar-refractivity contribution in [3.8, 4) is 5.88 Å². The summed E-state index contributed by atoms with van der Waals surface area (Å²) in [5.41, 5.74) is 2.45. The van der Waals surface area contributed by atoms with Crippen LogP contribution in [0.25, 0.3) is 0 Å². The minimum Gasteiger partial charge on any atom is -0.472 e. The number of hydrogen-bond donors (Lipinski definition) is 2. The second kappa shape index (κ2) is 7.27. The predicted molar refractivity (Wildman–Crippen MR) is 110 cm³/mol. The molecule has 2 amide bonds. The summed E-state index contributed by atoms with van der Waals surface area (Å²) in [7, 11) is -1.94. The number of fused-ring (bicyclic) bond motifs is 3. The zero-order chi connectivity index (χ0) is 21.9. The van der Waals surface area contributed by atoms with Gasteiger partial charge in [0.25, 0.3) is 0 Å². The Balaban J connectivity index is 1.53. The highest BCUT2D eigenvalue weighted by molar-refractivity contribution is 7.92. The van der Waals surface area contributed by atoms with E-state index in [2.05, 4.69) is 19.5 Å². The van der Waals surface area contributed by atoms with Gasteiger partial charge in [0.05, 0.1) is 12.7 Å². The second-order valence-corrected chi connectivity index (χ2v) is 10.2. The molecule has 3 atom stereocenters. The largest absolute Gasteiger partial charge is 0.472 e. The Labute approximate surface area is 178 Å². The van der Waals surface area contributed by atoms with E-state index in [0.717, 1.165) is 6.42 Å². The van der Waals surface area contributed by atoms with Crippen LogP contribution in [0.3, 0.4) is 0 Å². The lowest BCUT2D eigenvalue weighted by atomic mass is 9.98. The number of urea groups is 1. The van der Waals surface area contributed by atoms with Gasteiger partial charge in [-0.05, 0) is 55.5 Å². The van der Waals surface area contributed by atoms with Crippen LogP contribution in [0.4, 0.5) is 19.3 Å². The van der Waals surface area contributed by atoms with Gasteiger partial charge in [-0.25, -0.2) is 27.2 Å². The summed E-state index contributed by atoms with van der Waals surface area (Å²) in [4.78, 5) is 13.0. The molecule has 0 radical (unpaired) electrons. The van der Waals surface area contributed by atoms with Gasteiger partial charge < -0.3 is 10.1 Å². The molecule has 0 bridgehead atoms. The number of anilines is 1. The molecule has 0 spiro atoms. The van der Waals surface area contributed by atoms with Crippen molar-refractivity contribution in [2.75, 3.05) is 12.4 Å². The number of benzene rings is 1. The van der Waals surface area contributed by atoms with Crippen molar-refractivity contribution in [1.29, 1.82) is 0 Å². The Bertz CT molecular complexity index is 1220. The van der Waals surface area contributed by atoms with E-state index in [1.54, 1.807) is 4.68 Å². The third kappa shape index (κ3) is 3.21. The monoisotopic (exact) mass is 451 g/mol. The number of ether oxygens (including phenoxy) is 1. The van der Waals surface area contributed by atoms with E-state index >= 15 is 0 Å². The van der Waals surface area contributed by atoms with Crippen molar-refractivity contribution in [1.82, 2.24) is 14.5 Å². The van der Waals surface area contributed by atoms with Crippen LogP contribution in [0.2, 0.25) is 0 Å². The van der Waals surface area contributed by atoms with Gasteiger partial charge in [-0.2, -0.15) is 5.10 Å². The minimum absolute atomic E-state index is 0.000212. The van der Waals surface area contributed by atoms with Gasteiger partial charge in [-0.15, -0.1) is 4.36 Å². The maximum Gasteiger partial charge on any atom is 0.354 e. The molecule has 8 nitrogen and oxygen atoms in total. The van der Waals surface area contributed by atoms with E-state index in [4.69, 9.17) is 4.74 Å². The predicted octanol–water partition coefficient (Wildman–Crippen LogP) is 2.92. The Morgan fingerprint density at radius 3 is 2.81 bits per heavy atom. The fourth-order valence-corrected chi connectivity index (χ4v) is 6.00. The van der Waals surface area contributed by atoms with Crippen molar-refractivity contribution >= 4 is 21.6 Å². The molecule has 2 aliphatic carbocycles. The quantitative estimate of drug-likeness (QED) is 0.750. The number of hydrogen-bond acceptors (Lipinski definition) is 4. The SMILES string of the molecule is CNS(=O)(=NC(=O)Nc1c2c(c(F)c3c1C[C@H](F)C3)CCC2)c1cnn2c1O[C@H](C)C2. The first-order valence-electron chi connectivity index (χ1n) is 10.3. The number of carbonyl (C=O) groups is 1. The molecule has 166 valence electrons. The van der Waals surface area contributed by atoms with Gasteiger partial charge in [0, 0.05) is 18.5 Å². The molecule has 3 aliphatic rings. The average molecular weight is 451 g/mol. The van der Waals surface area contributed by atoms with Gasteiger partial charge in [0.1, 0.15) is 23.0 Å². The molecule has 1 aromatic carbocycles. The summed E-state index contributed by atoms with van der Waals surface area (Å²) < 4.78 is 56.2. The Morgan fingerprint density at radius 1 is 1.29 bits per heavy atom. The normalized spacial score (nSPS) is 23.0. The summed E-state index contributed by atoms with van der Waals surface area (Å²) >= 11 is 0. The van der Waals surface area contributed by atoms with Crippen molar-refractivity contribution in [2.24, 2.45) is 4.36 Å². The van der Waals surface area contributed by atoms with Gasteiger partial charge in [-0.1, -0.05) is 0 Å². The second-order valence-electron chi connectivity index (χ2n) is 8.14. The van der Waals surface area contributed by atoms with Crippen LogP contribution in [0.15, 0.2) is 15.5 Å². The standard InChI is InChI=1S/C20H23F2N5O3S/c1-10-9-27-19(30-10)16(8-24-27)31(29,23-2)26-20(28)25-18-13-5-3-4-12(13)17(22)14-6-11(21)7-15(14)18/h8,10-11H,3-7,9H2,1-2H3,(H2,23,25,26,28,29)/t10-,11-,31?/m1/s1. The van der Waals surface area contributed by atoms with E-state index in [-0.39, 0.29) is 29.7 Å². The highest BCUT2D eigenvalue weighted by Gasteiger charge is 2.34. The topological polar surface area (TPSA) is 97.6 Å². The lowest BCUT2D eigenvalue weighted by molar-refractivity contribution is 0.248. The molecular formula is C20H23F2N5O3S. The number of halogens is 2. The number of alkyl halides is 1. The summed E-state index contributed by atoms with van der Waals surface area (Å²) in [6.07, 6.45) is 2.01. The van der Waals surface area contributed by atoms with E-state index < -0.39 is 22.1 Å². The summed E-state index contributed by atoms with van der Waals surface area (Å²) in [6.45, 7) is 2.37. The lowest BCUT2D eigenvalue weighted by Crippen LogP contribution is -2.23. The van der Waals surface area contributed by atoms with Crippen molar-refractivity contribution in [2.45, 2.75) is 62.7 Å². The van der Waals surface area contributed by atoms with Gasteiger partial charge in [0.2, 0.25) is 5.88 Å². The van der Waals surface area contributed by atoms with Crippen LogP contribution >= 0.6 is 0 Å². The Morgan fingerprint density at radius 2 is 2.03 bits per heavy atom. The molecule has 2 aromatic rings. The highest BCUT2D eigenvalue weighted by atomic mass is 32.2. The summed E-state index contributed by atoms with van der Waals surface area (Å²) in [5, 5.41) is 6.86. The van der Waals surface area contributed by atoms with Crippen LogP contribution in [0, 0.1) is 5.82 Å². The molecule has 5 rings (SSSR count). The summed E-state index contributed by atoms with van der Waals surface area (Å²) in [6, 6.07) is -0.851. The average Bonchev–Trinajstić information content (AvgIpc) is 3.47. The zero-order valence-electron chi connectivity index (χ0n) is 17.2. The minimum atomic E-state index is -3.37. The molecule has 0 saturated heterocycles. The third-order valence-electron chi connectivity index (χ3n) is 6.09. The van der Waals surface area contributed by atoms with Crippen LogP contribution in [0.5, 0.6) is 5.88 Å². The smallest absolute Gasteiger partial charge is 0.354 e. The molecule has 1 unspecified atom stereocenters. The molecule has 0 fully saturated rings. The van der Waals surface area contributed by atoms with Crippen molar-refractivity contribution < 1.29 is 22.5 Å². The fraction of sp³-hybridized carbons (Fsp3) is 0.500. The first kappa shape index (κ1) is 20.4. The maximum absolute atomic E-state index is 14.9. The van der Waals surface area contributed by atoms with Crippen molar-refractivity contribution in [3.63, 3.8) is 0 Å². The van der Waals surface area contributed by atoms with Crippen LogP contribution < -0.4 is 14.8 Å². The first-order valence-corrected chi connectivity index (χ1v) is 11.8. The number of carbonyl (C=O) groups excluding carboxylic acids is 1. The van der Waals surface area contributed by atoms with E-state index in [1.165, 1.54) is 13.2 Å². The molecule has 11 heteroatoms. The molecule has 2 heterocycles. The molecule has 1 aliphatic heterocycles. The van der Waals surface area contributed by atoms with Gasteiger partial charge >= 0.3 is 6.03 Å². The van der Waals surface area contributed by atoms with E-state index in [1.807, 2.05) is 6.92 Å². The number of aromatic nitrogens is 2. The number of rotatable bonds is 3. The van der Waals surface area contributed by atoms with Gasteiger partial charge in [-0.3, -0.25) is 0 Å². The molecule has 31 heavy (non-hydrogen) atoms. The Hall–Kier alpha value is -2.53. The molecule has 1 aromatic heterocycles.